The number of likely N-dealkylation sites (tertiary alicyclic amines) is 1. The van der Waals surface area contributed by atoms with Crippen LogP contribution in [0.2, 0.25) is 0 Å². The van der Waals surface area contributed by atoms with Crippen LogP contribution in [-0.2, 0) is 23.2 Å². The molecule has 2 aliphatic rings. The summed E-state index contributed by atoms with van der Waals surface area (Å²) in [6.45, 7) is 6.89. The molecule has 3 heterocycles. The van der Waals surface area contributed by atoms with E-state index in [-0.39, 0.29) is 11.7 Å². The number of aromatic nitrogens is 2. The Kier molecular flexibility index (Phi) is 5.97. The van der Waals surface area contributed by atoms with Gasteiger partial charge in [0.25, 0.3) is 0 Å². The minimum atomic E-state index is -0.813. The third-order valence-electron chi connectivity index (χ3n) is 6.67. The van der Waals surface area contributed by atoms with Gasteiger partial charge < -0.3 is 15.1 Å². The number of piperidine rings is 1. The summed E-state index contributed by atoms with van der Waals surface area (Å²) in [6.07, 6.45) is 2.97. The number of rotatable bonds is 4. The standard InChI is InChI=1S/C24H32FN5O/c1-24(2,17-8-5-9-18(25)13-17)23(31)30-12-10-20-19(15-30)22(26-3)28-21(27-20)16-7-6-11-29(4)14-16/h5,8-9,13,16H,6-7,10-12,14-15H2,1-4H3,(H,26,27,28)/t16-/m1/s1. The van der Waals surface area contributed by atoms with Gasteiger partial charge in [-0.05, 0) is 58.0 Å². The number of nitrogens with one attached hydrogen (secondary N) is 1. The first-order chi connectivity index (χ1) is 14.8. The van der Waals surface area contributed by atoms with E-state index in [0.717, 1.165) is 48.8 Å². The molecule has 1 atom stereocenters. The highest BCUT2D eigenvalue weighted by atomic mass is 19.1. The number of nitrogens with zero attached hydrogens (tertiary/aromatic N) is 4. The Bertz CT molecular complexity index is 959. The van der Waals surface area contributed by atoms with Crippen LogP contribution in [0.3, 0.4) is 0 Å². The lowest BCUT2D eigenvalue weighted by atomic mass is 9.82. The first kappa shape index (κ1) is 21.7. The number of likely N-dealkylation sites (N-methyl/N-ethyl adjacent to an activating group) is 1. The average molecular weight is 426 g/mol. The van der Waals surface area contributed by atoms with Crippen LogP contribution in [0.1, 0.15) is 55.3 Å². The van der Waals surface area contributed by atoms with Crippen molar-refractivity contribution in [2.24, 2.45) is 0 Å². The number of hydrogen-bond donors (Lipinski definition) is 1. The van der Waals surface area contributed by atoms with Crippen LogP contribution in [0, 0.1) is 5.82 Å². The Morgan fingerprint density at radius 1 is 1.26 bits per heavy atom. The van der Waals surface area contributed by atoms with E-state index in [0.29, 0.717) is 31.0 Å². The van der Waals surface area contributed by atoms with Crippen molar-refractivity contribution in [1.82, 2.24) is 19.8 Å². The van der Waals surface area contributed by atoms with Crippen LogP contribution in [0.5, 0.6) is 0 Å². The van der Waals surface area contributed by atoms with Crippen molar-refractivity contribution in [3.8, 4) is 0 Å². The molecule has 0 unspecified atom stereocenters. The molecule has 6 nitrogen and oxygen atoms in total. The van der Waals surface area contributed by atoms with E-state index in [1.54, 1.807) is 6.07 Å². The molecule has 1 amide bonds. The van der Waals surface area contributed by atoms with Crippen molar-refractivity contribution in [3.63, 3.8) is 0 Å². The number of hydrogen-bond acceptors (Lipinski definition) is 5. The molecule has 0 spiro atoms. The van der Waals surface area contributed by atoms with Crippen LogP contribution in [0.25, 0.3) is 0 Å². The number of carbonyl (C=O) groups is 1. The maximum absolute atomic E-state index is 13.8. The molecule has 1 fully saturated rings. The lowest BCUT2D eigenvalue weighted by Gasteiger charge is -2.36. The van der Waals surface area contributed by atoms with Gasteiger partial charge in [-0.2, -0.15) is 0 Å². The number of benzene rings is 1. The van der Waals surface area contributed by atoms with E-state index >= 15 is 0 Å². The Labute approximate surface area is 183 Å². The van der Waals surface area contributed by atoms with Crippen LogP contribution in [0.4, 0.5) is 10.2 Å². The van der Waals surface area contributed by atoms with Gasteiger partial charge in [0.2, 0.25) is 5.91 Å². The number of fused-ring (bicyclic) bond motifs is 1. The van der Waals surface area contributed by atoms with Crippen LogP contribution < -0.4 is 5.32 Å². The molecule has 2 aromatic rings. The molecule has 7 heteroatoms. The fourth-order valence-corrected chi connectivity index (χ4v) is 4.77. The Balaban J connectivity index is 1.58. The number of amides is 1. The summed E-state index contributed by atoms with van der Waals surface area (Å²) >= 11 is 0. The average Bonchev–Trinajstić information content (AvgIpc) is 2.77. The zero-order valence-electron chi connectivity index (χ0n) is 18.9. The first-order valence-corrected chi connectivity index (χ1v) is 11.1. The van der Waals surface area contributed by atoms with Crippen LogP contribution in [0.15, 0.2) is 24.3 Å². The van der Waals surface area contributed by atoms with Crippen molar-refractivity contribution >= 4 is 11.7 Å². The van der Waals surface area contributed by atoms with Crippen molar-refractivity contribution in [1.29, 1.82) is 0 Å². The van der Waals surface area contributed by atoms with Crippen molar-refractivity contribution < 1.29 is 9.18 Å². The topological polar surface area (TPSA) is 61.4 Å². The highest BCUT2D eigenvalue weighted by Gasteiger charge is 2.36. The van der Waals surface area contributed by atoms with Crippen molar-refractivity contribution in [3.05, 3.63) is 52.7 Å². The van der Waals surface area contributed by atoms with Crippen molar-refractivity contribution in [2.75, 3.05) is 39.0 Å². The van der Waals surface area contributed by atoms with Crippen LogP contribution in [-0.4, -0.2) is 59.4 Å². The maximum atomic E-state index is 13.8. The highest BCUT2D eigenvalue weighted by molar-refractivity contribution is 5.87. The molecular formula is C24H32FN5O. The SMILES string of the molecule is CNc1nc([C@@H]2CCCN(C)C2)nc2c1CN(C(=O)C(C)(C)c1cccc(F)c1)CC2. The summed E-state index contributed by atoms with van der Waals surface area (Å²) in [5.41, 5.74) is 1.90. The van der Waals surface area contributed by atoms with Gasteiger partial charge in [-0.1, -0.05) is 12.1 Å². The molecule has 4 rings (SSSR count). The van der Waals surface area contributed by atoms with Gasteiger partial charge in [0.15, 0.2) is 0 Å². The predicted octanol–water partition coefficient (Wildman–Crippen LogP) is 3.33. The number of carbonyl (C=O) groups excluding carboxylic acids is 1. The molecule has 0 aliphatic carbocycles. The molecule has 166 valence electrons. The third kappa shape index (κ3) is 4.28. The van der Waals surface area contributed by atoms with E-state index in [1.165, 1.54) is 12.1 Å². The molecule has 1 saturated heterocycles. The summed E-state index contributed by atoms with van der Waals surface area (Å²) in [4.78, 5) is 27.4. The Morgan fingerprint density at radius 2 is 2.06 bits per heavy atom. The zero-order chi connectivity index (χ0) is 22.2. The maximum Gasteiger partial charge on any atom is 0.232 e. The largest absolute Gasteiger partial charge is 0.373 e. The Hall–Kier alpha value is -2.54. The van der Waals surface area contributed by atoms with Gasteiger partial charge in [-0.3, -0.25) is 4.79 Å². The van der Waals surface area contributed by atoms with E-state index in [9.17, 15) is 9.18 Å². The van der Waals surface area contributed by atoms with Gasteiger partial charge in [0.05, 0.1) is 17.7 Å². The molecule has 2 aliphatic heterocycles. The molecule has 0 bridgehead atoms. The summed E-state index contributed by atoms with van der Waals surface area (Å²) in [7, 11) is 4.02. The van der Waals surface area contributed by atoms with Gasteiger partial charge >= 0.3 is 0 Å². The molecule has 0 saturated carbocycles. The third-order valence-corrected chi connectivity index (χ3v) is 6.67. The minimum Gasteiger partial charge on any atom is -0.373 e. The second kappa shape index (κ2) is 8.54. The smallest absolute Gasteiger partial charge is 0.232 e. The molecule has 0 radical (unpaired) electrons. The molecule has 1 aromatic heterocycles. The molecule has 1 aromatic carbocycles. The van der Waals surface area contributed by atoms with E-state index in [1.807, 2.05) is 31.9 Å². The second-order valence-corrected chi connectivity index (χ2v) is 9.32. The number of halogens is 1. The molecule has 1 N–H and O–H groups in total. The summed E-state index contributed by atoms with van der Waals surface area (Å²) < 4.78 is 13.8. The lowest BCUT2D eigenvalue weighted by molar-refractivity contribution is -0.137. The fourth-order valence-electron chi connectivity index (χ4n) is 4.77. The van der Waals surface area contributed by atoms with E-state index in [2.05, 4.69) is 17.3 Å². The minimum absolute atomic E-state index is 0.0104. The van der Waals surface area contributed by atoms with Gasteiger partial charge in [-0.25, -0.2) is 14.4 Å². The quantitative estimate of drug-likeness (QED) is 0.814. The summed E-state index contributed by atoms with van der Waals surface area (Å²) in [6, 6.07) is 6.32. The monoisotopic (exact) mass is 425 g/mol. The summed E-state index contributed by atoms with van der Waals surface area (Å²) in [5, 5.41) is 3.23. The van der Waals surface area contributed by atoms with Crippen molar-refractivity contribution in [2.45, 2.75) is 51.0 Å². The Morgan fingerprint density at radius 3 is 2.77 bits per heavy atom. The van der Waals surface area contributed by atoms with Gasteiger partial charge in [0, 0.05) is 38.0 Å². The summed E-state index contributed by atoms with van der Waals surface area (Å²) in [5.74, 6) is 1.74. The highest BCUT2D eigenvalue weighted by Crippen LogP contribution is 2.32. The van der Waals surface area contributed by atoms with E-state index in [4.69, 9.17) is 9.97 Å². The van der Waals surface area contributed by atoms with E-state index < -0.39 is 5.41 Å². The van der Waals surface area contributed by atoms with Gasteiger partial charge in [0.1, 0.15) is 17.5 Å². The second-order valence-electron chi connectivity index (χ2n) is 9.32. The predicted molar refractivity (Wildman–Crippen MR) is 120 cm³/mol. The zero-order valence-corrected chi connectivity index (χ0v) is 18.9. The normalized spacial score (nSPS) is 19.8. The fraction of sp³-hybridized carbons (Fsp3) is 0.542. The molecular weight excluding hydrogens is 393 g/mol. The first-order valence-electron chi connectivity index (χ1n) is 11.1. The van der Waals surface area contributed by atoms with Crippen LogP contribution >= 0.6 is 0 Å². The molecule has 31 heavy (non-hydrogen) atoms. The lowest BCUT2D eigenvalue weighted by Crippen LogP contribution is -2.46. The number of anilines is 1. The van der Waals surface area contributed by atoms with Gasteiger partial charge in [-0.15, -0.1) is 0 Å².